The highest BCUT2D eigenvalue weighted by molar-refractivity contribution is 7.99. The van der Waals surface area contributed by atoms with Crippen LogP contribution in [-0.2, 0) is 5.41 Å². The van der Waals surface area contributed by atoms with Gasteiger partial charge in [-0.2, -0.15) is 0 Å². The van der Waals surface area contributed by atoms with Gasteiger partial charge < -0.3 is 5.73 Å². The maximum atomic E-state index is 5.96. The SMILES string of the molecule is CCCCSc1nc(C(C)(C)C)nc(N)c1C. The van der Waals surface area contributed by atoms with E-state index in [0.29, 0.717) is 5.82 Å². The summed E-state index contributed by atoms with van der Waals surface area (Å²) in [5.41, 5.74) is 6.92. The molecule has 0 saturated carbocycles. The molecular formula is C13H23N3S. The van der Waals surface area contributed by atoms with Gasteiger partial charge in [-0.1, -0.05) is 34.1 Å². The molecule has 1 aromatic rings. The second-order valence-electron chi connectivity index (χ2n) is 5.31. The van der Waals surface area contributed by atoms with Crippen molar-refractivity contribution in [2.45, 2.75) is 57.9 Å². The van der Waals surface area contributed by atoms with Crippen molar-refractivity contribution < 1.29 is 0 Å². The topological polar surface area (TPSA) is 51.8 Å². The molecule has 1 aromatic heterocycles. The van der Waals surface area contributed by atoms with Crippen LogP contribution in [0.2, 0.25) is 0 Å². The molecule has 3 nitrogen and oxygen atoms in total. The van der Waals surface area contributed by atoms with Gasteiger partial charge in [0.25, 0.3) is 0 Å². The quantitative estimate of drug-likeness (QED) is 0.506. The molecule has 0 aliphatic heterocycles. The lowest BCUT2D eigenvalue weighted by Crippen LogP contribution is -2.18. The first-order valence-electron chi connectivity index (χ1n) is 6.13. The van der Waals surface area contributed by atoms with Gasteiger partial charge in [-0.15, -0.1) is 11.8 Å². The van der Waals surface area contributed by atoms with E-state index in [1.807, 2.05) is 6.92 Å². The van der Waals surface area contributed by atoms with Crippen molar-refractivity contribution >= 4 is 17.6 Å². The predicted octanol–water partition coefficient (Wildman–Crippen LogP) is 3.56. The zero-order chi connectivity index (χ0) is 13.1. The number of anilines is 1. The highest BCUT2D eigenvalue weighted by Crippen LogP contribution is 2.28. The third kappa shape index (κ3) is 3.87. The van der Waals surface area contributed by atoms with Crippen LogP contribution >= 0.6 is 11.8 Å². The fourth-order valence-corrected chi connectivity index (χ4v) is 2.40. The molecule has 0 radical (unpaired) electrons. The summed E-state index contributed by atoms with van der Waals surface area (Å²) in [5.74, 6) is 2.54. The summed E-state index contributed by atoms with van der Waals surface area (Å²) in [6.07, 6.45) is 2.41. The van der Waals surface area contributed by atoms with E-state index in [9.17, 15) is 0 Å². The smallest absolute Gasteiger partial charge is 0.137 e. The molecule has 1 rings (SSSR count). The molecule has 0 aromatic carbocycles. The Morgan fingerprint density at radius 1 is 1.24 bits per heavy atom. The summed E-state index contributed by atoms with van der Waals surface area (Å²) in [5, 5.41) is 1.04. The predicted molar refractivity (Wildman–Crippen MR) is 75.5 cm³/mol. The number of nitrogens with zero attached hydrogens (tertiary/aromatic N) is 2. The summed E-state index contributed by atoms with van der Waals surface area (Å²) in [7, 11) is 0. The van der Waals surface area contributed by atoms with Crippen LogP contribution in [0.25, 0.3) is 0 Å². The molecule has 0 bridgehead atoms. The Morgan fingerprint density at radius 2 is 1.88 bits per heavy atom. The van der Waals surface area contributed by atoms with Crippen molar-refractivity contribution in [1.29, 1.82) is 0 Å². The van der Waals surface area contributed by atoms with Crippen molar-refractivity contribution in [3.8, 4) is 0 Å². The monoisotopic (exact) mass is 253 g/mol. The number of unbranched alkanes of at least 4 members (excludes halogenated alkanes) is 1. The van der Waals surface area contributed by atoms with Crippen LogP contribution in [-0.4, -0.2) is 15.7 Å². The first kappa shape index (κ1) is 14.3. The standard InChI is InChI=1S/C13H23N3S/c1-6-7-8-17-11-9(2)10(14)15-12(16-11)13(3,4)5/h6-8H2,1-5H3,(H2,14,15,16). The number of thioether (sulfide) groups is 1. The molecule has 0 aliphatic rings. The van der Waals surface area contributed by atoms with Crippen LogP contribution in [0.5, 0.6) is 0 Å². The first-order valence-corrected chi connectivity index (χ1v) is 7.12. The Balaban J connectivity index is 2.99. The maximum Gasteiger partial charge on any atom is 0.137 e. The Bertz CT molecular complexity index is 383. The average Bonchev–Trinajstić information content (AvgIpc) is 2.22. The molecule has 0 amide bonds. The number of hydrogen-bond donors (Lipinski definition) is 1. The minimum absolute atomic E-state index is 0.0537. The number of hydrogen-bond acceptors (Lipinski definition) is 4. The summed E-state index contributed by atoms with van der Waals surface area (Å²) in [6, 6.07) is 0. The van der Waals surface area contributed by atoms with Gasteiger partial charge in [0.15, 0.2) is 0 Å². The minimum atomic E-state index is -0.0537. The summed E-state index contributed by atoms with van der Waals surface area (Å²) >= 11 is 1.78. The molecule has 96 valence electrons. The van der Waals surface area contributed by atoms with Crippen LogP contribution in [0.4, 0.5) is 5.82 Å². The van der Waals surface area contributed by atoms with E-state index >= 15 is 0 Å². The van der Waals surface area contributed by atoms with Gasteiger partial charge in [-0.3, -0.25) is 0 Å². The Morgan fingerprint density at radius 3 is 2.41 bits per heavy atom. The first-order chi connectivity index (χ1) is 7.86. The van der Waals surface area contributed by atoms with Gasteiger partial charge in [0.1, 0.15) is 16.7 Å². The van der Waals surface area contributed by atoms with Crippen LogP contribution in [0, 0.1) is 6.92 Å². The fraction of sp³-hybridized carbons (Fsp3) is 0.692. The molecule has 0 saturated heterocycles. The zero-order valence-electron chi connectivity index (χ0n) is 11.5. The lowest BCUT2D eigenvalue weighted by atomic mass is 9.95. The van der Waals surface area contributed by atoms with Gasteiger partial charge >= 0.3 is 0 Å². The Hall–Kier alpha value is -0.770. The summed E-state index contributed by atoms with van der Waals surface area (Å²) in [4.78, 5) is 9.03. The third-order valence-corrected chi connectivity index (χ3v) is 3.71. The molecule has 0 unspecified atom stereocenters. The van der Waals surface area contributed by atoms with E-state index in [2.05, 4.69) is 37.7 Å². The second-order valence-corrected chi connectivity index (χ2v) is 6.40. The van der Waals surface area contributed by atoms with E-state index in [1.54, 1.807) is 11.8 Å². The molecule has 17 heavy (non-hydrogen) atoms. The van der Waals surface area contributed by atoms with E-state index in [0.717, 1.165) is 22.2 Å². The lowest BCUT2D eigenvalue weighted by Gasteiger charge is -2.19. The van der Waals surface area contributed by atoms with E-state index in [-0.39, 0.29) is 5.41 Å². The number of aromatic nitrogens is 2. The van der Waals surface area contributed by atoms with Gasteiger partial charge in [-0.05, 0) is 19.1 Å². The molecule has 0 spiro atoms. The molecule has 0 fully saturated rings. The molecule has 0 atom stereocenters. The molecule has 4 heteroatoms. The van der Waals surface area contributed by atoms with Crippen LogP contribution in [0.15, 0.2) is 5.03 Å². The van der Waals surface area contributed by atoms with Gasteiger partial charge in [0.05, 0.1) is 0 Å². The van der Waals surface area contributed by atoms with Gasteiger partial charge in [-0.25, -0.2) is 9.97 Å². The normalized spacial score (nSPS) is 11.8. The maximum absolute atomic E-state index is 5.96. The summed E-state index contributed by atoms with van der Waals surface area (Å²) in [6.45, 7) is 10.5. The van der Waals surface area contributed by atoms with E-state index < -0.39 is 0 Å². The largest absolute Gasteiger partial charge is 0.383 e. The van der Waals surface area contributed by atoms with E-state index in [4.69, 9.17) is 5.73 Å². The molecule has 2 N–H and O–H groups in total. The second kappa shape index (κ2) is 5.71. The molecule has 0 aliphatic carbocycles. The number of nitrogens with two attached hydrogens (primary N) is 1. The highest BCUT2D eigenvalue weighted by atomic mass is 32.2. The van der Waals surface area contributed by atoms with Crippen molar-refractivity contribution in [2.75, 3.05) is 11.5 Å². The fourth-order valence-electron chi connectivity index (χ4n) is 1.30. The van der Waals surface area contributed by atoms with Crippen LogP contribution in [0.3, 0.4) is 0 Å². The molecule has 1 heterocycles. The third-order valence-electron chi connectivity index (χ3n) is 2.55. The van der Waals surface area contributed by atoms with Crippen molar-refractivity contribution in [3.63, 3.8) is 0 Å². The average molecular weight is 253 g/mol. The van der Waals surface area contributed by atoms with Crippen molar-refractivity contribution in [3.05, 3.63) is 11.4 Å². The van der Waals surface area contributed by atoms with E-state index in [1.165, 1.54) is 12.8 Å². The van der Waals surface area contributed by atoms with Crippen LogP contribution < -0.4 is 5.73 Å². The Kier molecular flexibility index (Phi) is 4.80. The highest BCUT2D eigenvalue weighted by Gasteiger charge is 2.20. The lowest BCUT2D eigenvalue weighted by molar-refractivity contribution is 0.538. The zero-order valence-corrected chi connectivity index (χ0v) is 12.3. The minimum Gasteiger partial charge on any atom is -0.383 e. The Labute approximate surface area is 109 Å². The number of nitrogen functional groups attached to an aromatic ring is 1. The summed E-state index contributed by atoms with van der Waals surface area (Å²) < 4.78 is 0. The number of rotatable bonds is 4. The van der Waals surface area contributed by atoms with Crippen molar-refractivity contribution in [1.82, 2.24) is 9.97 Å². The van der Waals surface area contributed by atoms with Crippen molar-refractivity contribution in [2.24, 2.45) is 0 Å². The molecular weight excluding hydrogens is 230 g/mol. The van der Waals surface area contributed by atoms with Gasteiger partial charge in [0, 0.05) is 11.0 Å². The van der Waals surface area contributed by atoms with Crippen LogP contribution in [0.1, 0.15) is 51.9 Å². The van der Waals surface area contributed by atoms with Gasteiger partial charge in [0.2, 0.25) is 0 Å².